The summed E-state index contributed by atoms with van der Waals surface area (Å²) in [4.78, 5) is 4.69. The molecule has 0 spiro atoms. The summed E-state index contributed by atoms with van der Waals surface area (Å²) in [6.07, 6.45) is 4.27. The number of nitrogens with two attached hydrogens (primary N) is 1. The number of nitrogens with zero attached hydrogens (tertiary/aromatic N) is 2. The third-order valence-corrected chi connectivity index (χ3v) is 3.86. The molecular weight excluding hydrogens is 264 g/mol. The van der Waals surface area contributed by atoms with Crippen LogP contribution in [0, 0.1) is 0 Å². The molecule has 3 rings (SSSR count). The van der Waals surface area contributed by atoms with Crippen molar-refractivity contribution in [2.45, 2.75) is 25.3 Å². The summed E-state index contributed by atoms with van der Waals surface area (Å²) in [5, 5.41) is 0. The van der Waals surface area contributed by atoms with E-state index in [1.807, 2.05) is 37.4 Å². The van der Waals surface area contributed by atoms with Crippen LogP contribution in [0.3, 0.4) is 0 Å². The predicted octanol–water partition coefficient (Wildman–Crippen LogP) is 2.17. The molecule has 0 bridgehead atoms. The van der Waals surface area contributed by atoms with Gasteiger partial charge in [-0.15, -0.1) is 0 Å². The lowest BCUT2D eigenvalue weighted by molar-refractivity contribution is 0.440. The highest BCUT2D eigenvalue weighted by Gasteiger charge is 2.14. The number of hydrazine groups is 1. The lowest BCUT2D eigenvalue weighted by Gasteiger charge is -2.14. The molecule has 1 aromatic carbocycles. The normalized spacial score (nSPS) is 12.9. The van der Waals surface area contributed by atoms with Crippen LogP contribution in [0.2, 0.25) is 0 Å². The number of aromatic nitrogens is 2. The molecule has 0 aliphatic heterocycles. The van der Waals surface area contributed by atoms with Gasteiger partial charge in [-0.25, -0.2) is 4.98 Å². The lowest BCUT2D eigenvalue weighted by atomic mass is 10.1. The van der Waals surface area contributed by atoms with Gasteiger partial charge in [-0.1, -0.05) is 12.1 Å². The molecule has 110 valence electrons. The Bertz CT molecular complexity index is 702. The van der Waals surface area contributed by atoms with Gasteiger partial charge in [0.25, 0.3) is 0 Å². The topological polar surface area (TPSA) is 69.0 Å². The third-order valence-electron chi connectivity index (χ3n) is 3.86. The molecule has 3 aromatic rings. The zero-order valence-electron chi connectivity index (χ0n) is 12.1. The van der Waals surface area contributed by atoms with Gasteiger partial charge < -0.3 is 8.98 Å². The van der Waals surface area contributed by atoms with Crippen LogP contribution < -0.4 is 11.3 Å². The second-order valence-electron chi connectivity index (χ2n) is 5.26. The first kappa shape index (κ1) is 13.9. The Hall–Kier alpha value is -2.11. The summed E-state index contributed by atoms with van der Waals surface area (Å²) in [5.41, 5.74) is 5.06. The molecule has 1 atom stereocenters. The fraction of sp³-hybridized carbons (Fsp3) is 0.312. The number of hydrogen-bond donors (Lipinski definition) is 2. The van der Waals surface area contributed by atoms with Crippen molar-refractivity contribution in [3.05, 3.63) is 54.2 Å². The minimum atomic E-state index is 0.172. The van der Waals surface area contributed by atoms with Crippen molar-refractivity contribution in [2.24, 2.45) is 12.9 Å². The van der Waals surface area contributed by atoms with Crippen molar-refractivity contribution in [3.8, 4) is 0 Å². The zero-order chi connectivity index (χ0) is 14.7. The smallest absolute Gasteiger partial charge is 0.111 e. The molecule has 5 heteroatoms. The van der Waals surface area contributed by atoms with E-state index >= 15 is 0 Å². The molecule has 0 radical (unpaired) electrons. The van der Waals surface area contributed by atoms with Crippen LogP contribution >= 0.6 is 0 Å². The summed E-state index contributed by atoms with van der Waals surface area (Å²) in [6.45, 7) is 0. The largest absolute Gasteiger partial charge is 0.469 e. The SMILES string of the molecule is Cn1c(CC(CCc2ccco2)NN)nc2ccccc21. The zero-order valence-corrected chi connectivity index (χ0v) is 12.1. The van der Waals surface area contributed by atoms with Gasteiger partial charge in [0.2, 0.25) is 0 Å². The van der Waals surface area contributed by atoms with Crippen LogP contribution in [0.15, 0.2) is 47.1 Å². The molecule has 2 aromatic heterocycles. The summed E-state index contributed by atoms with van der Waals surface area (Å²) >= 11 is 0. The Kier molecular flexibility index (Phi) is 4.03. The number of imidazole rings is 1. The van der Waals surface area contributed by atoms with Gasteiger partial charge in [0.05, 0.1) is 17.3 Å². The van der Waals surface area contributed by atoms with Gasteiger partial charge in [0.15, 0.2) is 0 Å². The fourth-order valence-electron chi connectivity index (χ4n) is 2.61. The van der Waals surface area contributed by atoms with E-state index in [0.29, 0.717) is 0 Å². The summed E-state index contributed by atoms with van der Waals surface area (Å²) in [7, 11) is 2.05. The summed E-state index contributed by atoms with van der Waals surface area (Å²) in [5.74, 6) is 7.71. The molecule has 0 saturated heterocycles. The van der Waals surface area contributed by atoms with Crippen LogP contribution in [0.4, 0.5) is 0 Å². The van der Waals surface area contributed by atoms with E-state index in [9.17, 15) is 0 Å². The maximum absolute atomic E-state index is 5.69. The van der Waals surface area contributed by atoms with Crippen LogP contribution in [0.25, 0.3) is 11.0 Å². The van der Waals surface area contributed by atoms with Crippen molar-refractivity contribution in [1.29, 1.82) is 0 Å². The molecule has 0 aliphatic carbocycles. The number of para-hydroxylation sites is 2. The summed E-state index contributed by atoms with van der Waals surface area (Å²) < 4.78 is 7.49. The molecular formula is C16H20N4O. The van der Waals surface area contributed by atoms with Crippen LogP contribution in [-0.2, 0) is 19.9 Å². The number of nitrogens with one attached hydrogen (secondary N) is 1. The quantitative estimate of drug-likeness (QED) is 0.537. The van der Waals surface area contributed by atoms with E-state index in [1.165, 1.54) is 0 Å². The highest BCUT2D eigenvalue weighted by Crippen LogP contribution is 2.16. The first-order valence-corrected chi connectivity index (χ1v) is 7.17. The van der Waals surface area contributed by atoms with Crippen molar-refractivity contribution < 1.29 is 4.42 Å². The first-order chi connectivity index (χ1) is 10.3. The standard InChI is InChI=1S/C16H20N4O/c1-20-15-7-3-2-6-14(15)18-16(20)11-12(19-17)8-9-13-5-4-10-21-13/h2-7,10,12,19H,8-9,11,17H2,1H3. The maximum Gasteiger partial charge on any atom is 0.111 e. The van der Waals surface area contributed by atoms with Gasteiger partial charge in [0, 0.05) is 25.9 Å². The number of fused-ring (bicyclic) bond motifs is 1. The van der Waals surface area contributed by atoms with E-state index in [-0.39, 0.29) is 6.04 Å². The Morgan fingerprint density at radius 3 is 2.86 bits per heavy atom. The van der Waals surface area contributed by atoms with Crippen molar-refractivity contribution >= 4 is 11.0 Å². The van der Waals surface area contributed by atoms with E-state index in [4.69, 9.17) is 10.3 Å². The van der Waals surface area contributed by atoms with E-state index < -0.39 is 0 Å². The number of furan rings is 1. The molecule has 0 fully saturated rings. The van der Waals surface area contributed by atoms with Gasteiger partial charge in [0.1, 0.15) is 11.6 Å². The van der Waals surface area contributed by atoms with E-state index in [2.05, 4.69) is 21.0 Å². The number of hydrogen-bond acceptors (Lipinski definition) is 4. The number of aryl methyl sites for hydroxylation is 2. The highest BCUT2D eigenvalue weighted by molar-refractivity contribution is 5.75. The minimum Gasteiger partial charge on any atom is -0.469 e. The van der Waals surface area contributed by atoms with Crippen molar-refractivity contribution in [3.63, 3.8) is 0 Å². The van der Waals surface area contributed by atoms with Crippen LogP contribution in [-0.4, -0.2) is 15.6 Å². The Morgan fingerprint density at radius 1 is 1.29 bits per heavy atom. The molecule has 2 heterocycles. The Labute approximate surface area is 123 Å². The van der Waals surface area contributed by atoms with Gasteiger partial charge in [-0.2, -0.15) is 0 Å². The number of rotatable bonds is 6. The average Bonchev–Trinajstić information content (AvgIpc) is 3.13. The minimum absolute atomic E-state index is 0.172. The van der Waals surface area contributed by atoms with Crippen molar-refractivity contribution in [1.82, 2.24) is 15.0 Å². The lowest BCUT2D eigenvalue weighted by Crippen LogP contribution is -2.37. The molecule has 21 heavy (non-hydrogen) atoms. The highest BCUT2D eigenvalue weighted by atomic mass is 16.3. The average molecular weight is 284 g/mol. The first-order valence-electron chi connectivity index (χ1n) is 7.17. The molecule has 3 N–H and O–H groups in total. The maximum atomic E-state index is 5.69. The molecule has 0 saturated carbocycles. The second-order valence-corrected chi connectivity index (χ2v) is 5.26. The second kappa shape index (κ2) is 6.11. The fourth-order valence-corrected chi connectivity index (χ4v) is 2.61. The van der Waals surface area contributed by atoms with Crippen LogP contribution in [0.1, 0.15) is 18.0 Å². The molecule has 0 amide bonds. The molecule has 1 unspecified atom stereocenters. The van der Waals surface area contributed by atoms with E-state index in [1.54, 1.807) is 6.26 Å². The molecule has 0 aliphatic rings. The summed E-state index contributed by atoms with van der Waals surface area (Å²) in [6, 6.07) is 12.2. The number of benzene rings is 1. The van der Waals surface area contributed by atoms with Crippen molar-refractivity contribution in [2.75, 3.05) is 0 Å². The predicted molar refractivity (Wildman–Crippen MR) is 82.6 cm³/mol. The molecule has 5 nitrogen and oxygen atoms in total. The van der Waals surface area contributed by atoms with Gasteiger partial charge in [-0.05, 0) is 30.7 Å². The third kappa shape index (κ3) is 2.99. The van der Waals surface area contributed by atoms with E-state index in [0.717, 1.165) is 41.9 Å². The van der Waals surface area contributed by atoms with Crippen LogP contribution in [0.5, 0.6) is 0 Å². The van der Waals surface area contributed by atoms with Gasteiger partial charge >= 0.3 is 0 Å². The monoisotopic (exact) mass is 284 g/mol. The Morgan fingerprint density at radius 2 is 2.14 bits per heavy atom. The van der Waals surface area contributed by atoms with Gasteiger partial charge in [-0.3, -0.25) is 11.3 Å². The Balaban J connectivity index is 1.71.